The molecule has 2 amide bonds. The number of rotatable bonds is 3. The van der Waals surface area contributed by atoms with Gasteiger partial charge in [0, 0.05) is 17.7 Å². The van der Waals surface area contributed by atoms with Crippen LogP contribution >= 0.6 is 0 Å². The topological polar surface area (TPSA) is 67.2 Å². The van der Waals surface area contributed by atoms with Gasteiger partial charge in [-0.05, 0) is 45.2 Å². The summed E-state index contributed by atoms with van der Waals surface area (Å²) in [6.07, 6.45) is 2.45. The predicted octanol–water partition coefficient (Wildman–Crippen LogP) is 2.65. The molecule has 1 N–H and O–H groups in total. The lowest BCUT2D eigenvalue weighted by molar-refractivity contribution is -0.135. The third-order valence-corrected chi connectivity index (χ3v) is 5.83. The molecule has 1 aromatic heterocycles. The molecule has 7 heteroatoms. The predicted molar refractivity (Wildman–Crippen MR) is 102 cm³/mol. The second-order valence-electron chi connectivity index (χ2n) is 7.79. The number of hydrogen-bond acceptors (Lipinski definition) is 3. The largest absolute Gasteiger partial charge is 0.351 e. The van der Waals surface area contributed by atoms with Crippen molar-refractivity contribution in [1.82, 2.24) is 20.0 Å². The van der Waals surface area contributed by atoms with Crippen molar-refractivity contribution in [3.05, 3.63) is 53.1 Å². The zero-order valence-electron chi connectivity index (χ0n) is 16.2. The third-order valence-electron chi connectivity index (χ3n) is 5.83. The molecule has 0 unspecified atom stereocenters. The average Bonchev–Trinajstić information content (AvgIpc) is 3.08. The molecule has 28 heavy (non-hydrogen) atoms. The summed E-state index contributed by atoms with van der Waals surface area (Å²) < 4.78 is 16.3. The average molecular weight is 384 g/mol. The van der Waals surface area contributed by atoms with Gasteiger partial charge in [-0.1, -0.05) is 18.2 Å². The highest BCUT2D eigenvalue weighted by atomic mass is 19.1. The Labute approximate surface area is 163 Å². The van der Waals surface area contributed by atoms with E-state index in [4.69, 9.17) is 0 Å². The van der Waals surface area contributed by atoms with Crippen LogP contribution in [0.5, 0.6) is 0 Å². The second kappa shape index (κ2) is 7.37. The van der Waals surface area contributed by atoms with Gasteiger partial charge in [0.2, 0.25) is 11.8 Å². The summed E-state index contributed by atoms with van der Waals surface area (Å²) >= 11 is 0. The first-order valence-electron chi connectivity index (χ1n) is 9.80. The van der Waals surface area contributed by atoms with Crippen LogP contribution in [0.2, 0.25) is 0 Å². The number of hydrogen-bond donors (Lipinski definition) is 1. The van der Waals surface area contributed by atoms with E-state index in [9.17, 15) is 14.0 Å². The van der Waals surface area contributed by atoms with Crippen molar-refractivity contribution in [3.8, 4) is 0 Å². The molecule has 0 aliphatic carbocycles. The zero-order chi connectivity index (χ0) is 19.8. The van der Waals surface area contributed by atoms with E-state index in [1.54, 1.807) is 27.8 Å². The van der Waals surface area contributed by atoms with E-state index in [1.165, 1.54) is 6.07 Å². The van der Waals surface area contributed by atoms with Crippen LogP contribution in [0, 0.1) is 19.7 Å². The molecule has 148 valence electrons. The lowest BCUT2D eigenvalue weighted by Crippen LogP contribution is -2.46. The van der Waals surface area contributed by atoms with E-state index in [0.29, 0.717) is 18.4 Å². The van der Waals surface area contributed by atoms with E-state index in [0.717, 1.165) is 24.2 Å². The first kappa shape index (κ1) is 18.7. The molecule has 4 rings (SSSR count). The number of aromatic nitrogens is 2. The number of aryl methyl sites for hydroxylation is 2. The van der Waals surface area contributed by atoms with Crippen molar-refractivity contribution in [1.29, 1.82) is 0 Å². The summed E-state index contributed by atoms with van der Waals surface area (Å²) in [5, 5.41) is 7.44. The number of benzene rings is 1. The van der Waals surface area contributed by atoms with Gasteiger partial charge in [0.05, 0.1) is 23.8 Å². The van der Waals surface area contributed by atoms with Crippen LogP contribution < -0.4 is 5.32 Å². The minimum Gasteiger partial charge on any atom is -0.351 e. The molecule has 2 saturated heterocycles. The minimum absolute atomic E-state index is 0.00706. The maximum Gasteiger partial charge on any atom is 0.245 e. The molecule has 2 aliphatic heterocycles. The number of carbonyl (C=O) groups is 2. The molecule has 6 nitrogen and oxygen atoms in total. The number of likely N-dealkylation sites (tertiary alicyclic amines) is 1. The molecular weight excluding hydrogens is 359 g/mol. The number of carbonyl (C=O) groups excluding carboxylic acids is 2. The Morgan fingerprint density at radius 2 is 2.11 bits per heavy atom. The molecule has 2 fully saturated rings. The number of halogens is 1. The second-order valence-corrected chi connectivity index (χ2v) is 7.79. The van der Waals surface area contributed by atoms with Gasteiger partial charge >= 0.3 is 0 Å². The van der Waals surface area contributed by atoms with Crippen LogP contribution in [-0.2, 0) is 16.1 Å². The van der Waals surface area contributed by atoms with Gasteiger partial charge in [0.25, 0.3) is 0 Å². The van der Waals surface area contributed by atoms with Crippen molar-refractivity contribution in [2.45, 2.75) is 64.2 Å². The Bertz CT molecular complexity index is 910. The fraction of sp³-hybridized carbons (Fsp3) is 0.476. The SMILES string of the molecule is Cc1cc(C)n(CC(=O)N2[C@@H](c3ccccc3F)C[C@@H]3NC(=O)CCC[C@H]32)n1. The summed E-state index contributed by atoms with van der Waals surface area (Å²) in [5.41, 5.74) is 2.28. The van der Waals surface area contributed by atoms with Gasteiger partial charge in [-0.15, -0.1) is 0 Å². The van der Waals surface area contributed by atoms with Crippen molar-refractivity contribution in [2.24, 2.45) is 0 Å². The van der Waals surface area contributed by atoms with E-state index < -0.39 is 0 Å². The lowest BCUT2D eigenvalue weighted by atomic mass is 10.0. The van der Waals surface area contributed by atoms with Crippen LogP contribution in [0.3, 0.4) is 0 Å². The van der Waals surface area contributed by atoms with Crippen LogP contribution in [0.25, 0.3) is 0 Å². The number of nitrogens with zero attached hydrogens (tertiary/aromatic N) is 3. The number of amides is 2. The maximum absolute atomic E-state index is 14.6. The molecule has 2 aliphatic rings. The van der Waals surface area contributed by atoms with E-state index in [1.807, 2.05) is 19.9 Å². The lowest BCUT2D eigenvalue weighted by Gasteiger charge is -2.31. The fourth-order valence-corrected chi connectivity index (χ4v) is 4.61. The quantitative estimate of drug-likeness (QED) is 0.885. The summed E-state index contributed by atoms with van der Waals surface area (Å²) in [6.45, 7) is 3.92. The Morgan fingerprint density at radius 1 is 1.32 bits per heavy atom. The van der Waals surface area contributed by atoms with Crippen molar-refractivity contribution in [2.75, 3.05) is 0 Å². The summed E-state index contributed by atoms with van der Waals surface area (Å²) in [5.74, 6) is -0.407. The van der Waals surface area contributed by atoms with E-state index in [2.05, 4.69) is 10.4 Å². The molecule has 2 aromatic rings. The number of nitrogens with one attached hydrogen (secondary N) is 1. The highest BCUT2D eigenvalue weighted by Gasteiger charge is 2.46. The van der Waals surface area contributed by atoms with Gasteiger partial charge < -0.3 is 10.2 Å². The van der Waals surface area contributed by atoms with Crippen LogP contribution in [0.4, 0.5) is 4.39 Å². The van der Waals surface area contributed by atoms with E-state index >= 15 is 0 Å². The Morgan fingerprint density at radius 3 is 2.82 bits per heavy atom. The minimum atomic E-state index is -0.390. The summed E-state index contributed by atoms with van der Waals surface area (Å²) in [7, 11) is 0. The third kappa shape index (κ3) is 3.41. The summed E-state index contributed by atoms with van der Waals surface area (Å²) in [4.78, 5) is 27.2. The monoisotopic (exact) mass is 384 g/mol. The Balaban J connectivity index is 1.68. The van der Waals surface area contributed by atoms with Crippen LogP contribution in [0.15, 0.2) is 30.3 Å². The zero-order valence-corrected chi connectivity index (χ0v) is 16.2. The first-order chi connectivity index (χ1) is 13.4. The standard InChI is InChI=1S/C21H25FN4O2/c1-13-10-14(2)25(24-13)12-21(28)26-18-8-5-9-20(27)23-17(18)11-19(26)15-6-3-4-7-16(15)22/h3-4,6-7,10,17-19H,5,8-9,11-12H2,1-2H3,(H,23,27)/t17-,18+,19+/m0/s1. The molecule has 3 atom stereocenters. The smallest absolute Gasteiger partial charge is 0.245 e. The Hall–Kier alpha value is -2.70. The first-order valence-corrected chi connectivity index (χ1v) is 9.80. The molecular formula is C21H25FN4O2. The summed E-state index contributed by atoms with van der Waals surface area (Å²) in [6, 6.07) is 7.86. The van der Waals surface area contributed by atoms with Crippen molar-refractivity contribution < 1.29 is 14.0 Å². The van der Waals surface area contributed by atoms with Crippen molar-refractivity contribution in [3.63, 3.8) is 0 Å². The molecule has 0 spiro atoms. The molecule has 0 bridgehead atoms. The highest BCUT2D eigenvalue weighted by Crippen LogP contribution is 2.40. The van der Waals surface area contributed by atoms with Crippen LogP contribution in [0.1, 0.15) is 48.7 Å². The number of fused-ring (bicyclic) bond motifs is 1. The Kier molecular flexibility index (Phi) is 4.91. The van der Waals surface area contributed by atoms with Gasteiger partial charge in [0.15, 0.2) is 0 Å². The van der Waals surface area contributed by atoms with Gasteiger partial charge in [-0.2, -0.15) is 5.10 Å². The van der Waals surface area contributed by atoms with Gasteiger partial charge in [0.1, 0.15) is 12.4 Å². The molecule has 0 saturated carbocycles. The van der Waals surface area contributed by atoms with Crippen LogP contribution in [-0.4, -0.2) is 38.6 Å². The fourth-order valence-electron chi connectivity index (χ4n) is 4.61. The maximum atomic E-state index is 14.6. The normalized spacial score (nSPS) is 24.6. The molecule has 3 heterocycles. The van der Waals surface area contributed by atoms with Crippen molar-refractivity contribution >= 4 is 11.8 Å². The molecule has 1 aromatic carbocycles. The van der Waals surface area contributed by atoms with Gasteiger partial charge in [-0.3, -0.25) is 14.3 Å². The van der Waals surface area contributed by atoms with Gasteiger partial charge in [-0.25, -0.2) is 4.39 Å². The van der Waals surface area contributed by atoms with E-state index in [-0.39, 0.29) is 42.3 Å². The molecule has 0 radical (unpaired) electrons. The highest BCUT2D eigenvalue weighted by molar-refractivity contribution is 5.79.